The van der Waals surface area contributed by atoms with E-state index in [1.54, 1.807) is 4.90 Å². The lowest BCUT2D eigenvalue weighted by Crippen LogP contribution is -2.34. The van der Waals surface area contributed by atoms with Gasteiger partial charge in [0.1, 0.15) is 12.3 Å². The molecule has 1 saturated carbocycles. The van der Waals surface area contributed by atoms with Crippen LogP contribution in [-0.2, 0) is 11.3 Å². The second-order valence-corrected chi connectivity index (χ2v) is 6.11. The van der Waals surface area contributed by atoms with E-state index in [0.29, 0.717) is 25.0 Å². The molecule has 4 rings (SSSR count). The van der Waals surface area contributed by atoms with Crippen LogP contribution in [0, 0.1) is 0 Å². The SMILES string of the molecule is O=C1N(O)[C@@H]2CC[C@@H](c3cc(COC4CCC4)on3)N1C2. The van der Waals surface area contributed by atoms with Gasteiger partial charge in [0, 0.05) is 12.6 Å². The van der Waals surface area contributed by atoms with Gasteiger partial charge in [0.25, 0.3) is 0 Å². The molecule has 7 nitrogen and oxygen atoms in total. The van der Waals surface area contributed by atoms with Crippen molar-refractivity contribution in [3.05, 3.63) is 17.5 Å². The summed E-state index contributed by atoms with van der Waals surface area (Å²) in [5.74, 6) is 0.700. The highest BCUT2D eigenvalue weighted by molar-refractivity contribution is 5.76. The second kappa shape index (κ2) is 4.99. The molecule has 1 N–H and O–H groups in total. The zero-order valence-electron chi connectivity index (χ0n) is 11.8. The third-order valence-corrected chi connectivity index (χ3v) is 4.78. The molecular weight excluding hydrogens is 274 g/mol. The van der Waals surface area contributed by atoms with E-state index in [2.05, 4.69) is 5.16 Å². The molecule has 2 atom stereocenters. The van der Waals surface area contributed by atoms with E-state index < -0.39 is 0 Å². The van der Waals surface area contributed by atoms with Gasteiger partial charge in [-0.1, -0.05) is 5.16 Å². The smallest absolute Gasteiger partial charge is 0.344 e. The third kappa shape index (κ3) is 2.20. The molecule has 3 fully saturated rings. The molecule has 21 heavy (non-hydrogen) atoms. The highest BCUT2D eigenvalue weighted by Crippen LogP contribution is 2.37. The fourth-order valence-corrected chi connectivity index (χ4v) is 3.25. The highest BCUT2D eigenvalue weighted by Gasteiger charge is 2.45. The van der Waals surface area contributed by atoms with Crippen LogP contribution < -0.4 is 0 Å². The number of carbonyl (C=O) groups is 1. The molecule has 2 aliphatic heterocycles. The highest BCUT2D eigenvalue weighted by atomic mass is 16.5. The standard InChI is InChI=1S/C14H19N3O4/c18-14-16-7-9(17(14)19)4-5-13(16)12-6-11(21-15-12)8-20-10-2-1-3-10/h6,9-10,13,19H,1-5,7-8H2/t9-,13+/m1/s1. The Hall–Kier alpha value is -1.60. The van der Waals surface area contributed by atoms with Crippen LogP contribution in [0.1, 0.15) is 49.6 Å². The molecule has 3 heterocycles. The van der Waals surface area contributed by atoms with Gasteiger partial charge in [-0.25, -0.2) is 9.86 Å². The van der Waals surface area contributed by atoms with Crippen molar-refractivity contribution in [1.82, 2.24) is 15.1 Å². The topological polar surface area (TPSA) is 79.0 Å². The lowest BCUT2D eigenvalue weighted by Gasteiger charge is -2.28. The van der Waals surface area contributed by atoms with Gasteiger partial charge in [-0.05, 0) is 32.1 Å². The van der Waals surface area contributed by atoms with Crippen LogP contribution in [0.25, 0.3) is 0 Å². The fourth-order valence-electron chi connectivity index (χ4n) is 3.25. The van der Waals surface area contributed by atoms with E-state index in [-0.39, 0.29) is 18.1 Å². The number of rotatable bonds is 4. The predicted molar refractivity (Wildman–Crippen MR) is 70.4 cm³/mol. The number of hydrogen-bond donors (Lipinski definition) is 1. The maximum Gasteiger partial charge on any atom is 0.344 e. The number of fused-ring (bicyclic) bond motifs is 2. The minimum atomic E-state index is -0.335. The minimum Gasteiger partial charge on any atom is -0.370 e. The Morgan fingerprint density at radius 2 is 2.24 bits per heavy atom. The first-order valence-corrected chi connectivity index (χ1v) is 7.58. The summed E-state index contributed by atoms with van der Waals surface area (Å²) < 4.78 is 11.0. The summed E-state index contributed by atoms with van der Waals surface area (Å²) >= 11 is 0. The lowest BCUT2D eigenvalue weighted by molar-refractivity contribution is -0.0584. The van der Waals surface area contributed by atoms with Gasteiger partial charge in [-0.2, -0.15) is 0 Å². The van der Waals surface area contributed by atoms with E-state index in [9.17, 15) is 10.0 Å². The zero-order chi connectivity index (χ0) is 14.4. The molecule has 2 saturated heterocycles. The first-order valence-electron chi connectivity index (χ1n) is 7.58. The van der Waals surface area contributed by atoms with Crippen molar-refractivity contribution < 1.29 is 19.3 Å². The summed E-state index contributed by atoms with van der Waals surface area (Å²) in [5.41, 5.74) is 0.754. The average Bonchev–Trinajstić information content (AvgIpc) is 2.99. The number of hydroxylamine groups is 2. The summed E-state index contributed by atoms with van der Waals surface area (Å²) in [6.45, 7) is 0.994. The molecule has 7 heteroatoms. The predicted octanol–water partition coefficient (Wildman–Crippen LogP) is 2.07. The van der Waals surface area contributed by atoms with Gasteiger partial charge in [0.2, 0.25) is 0 Å². The minimum absolute atomic E-state index is 0.0814. The van der Waals surface area contributed by atoms with Crippen LogP contribution in [0.2, 0.25) is 0 Å². The summed E-state index contributed by atoms with van der Waals surface area (Å²) in [5, 5.41) is 14.6. The Labute approximate surface area is 122 Å². The molecule has 1 aromatic heterocycles. The third-order valence-electron chi connectivity index (χ3n) is 4.78. The van der Waals surface area contributed by atoms with E-state index in [1.165, 1.54) is 6.42 Å². The van der Waals surface area contributed by atoms with Crippen LogP contribution >= 0.6 is 0 Å². The van der Waals surface area contributed by atoms with Crippen molar-refractivity contribution >= 4 is 6.03 Å². The molecular formula is C14H19N3O4. The molecule has 0 aromatic carbocycles. The van der Waals surface area contributed by atoms with Crippen LogP contribution in [0.3, 0.4) is 0 Å². The summed E-state index contributed by atoms with van der Waals surface area (Å²) in [6, 6.07) is 1.35. The number of hydrogen-bond acceptors (Lipinski definition) is 5. The van der Waals surface area contributed by atoms with Gasteiger partial charge in [-0.3, -0.25) is 5.21 Å². The number of amides is 2. The average molecular weight is 293 g/mol. The Morgan fingerprint density at radius 3 is 3.00 bits per heavy atom. The molecule has 2 amide bonds. The number of carbonyl (C=O) groups excluding carboxylic acids is 1. The molecule has 0 radical (unpaired) electrons. The normalized spacial score (nSPS) is 29.1. The number of aromatic nitrogens is 1. The van der Waals surface area contributed by atoms with Crippen molar-refractivity contribution in [2.75, 3.05) is 6.54 Å². The van der Waals surface area contributed by atoms with Gasteiger partial charge >= 0.3 is 6.03 Å². The molecule has 3 aliphatic rings. The fraction of sp³-hybridized carbons (Fsp3) is 0.714. The summed E-state index contributed by atoms with van der Waals surface area (Å²) in [6.07, 6.45) is 5.42. The molecule has 0 unspecified atom stereocenters. The largest absolute Gasteiger partial charge is 0.370 e. The van der Waals surface area contributed by atoms with Gasteiger partial charge in [0.15, 0.2) is 5.76 Å². The summed E-state index contributed by atoms with van der Waals surface area (Å²) in [7, 11) is 0. The number of nitrogens with zero attached hydrogens (tertiary/aromatic N) is 3. The number of ether oxygens (including phenoxy) is 1. The van der Waals surface area contributed by atoms with E-state index in [0.717, 1.165) is 36.4 Å². The Balaban J connectivity index is 1.44. The van der Waals surface area contributed by atoms with Gasteiger partial charge in [0.05, 0.1) is 18.2 Å². The molecule has 1 aromatic rings. The number of piperidine rings is 1. The maximum atomic E-state index is 12.0. The first kappa shape index (κ1) is 13.1. The monoisotopic (exact) mass is 293 g/mol. The van der Waals surface area contributed by atoms with Crippen molar-refractivity contribution in [3.8, 4) is 0 Å². The molecule has 1 aliphatic carbocycles. The number of urea groups is 1. The summed E-state index contributed by atoms with van der Waals surface area (Å²) in [4.78, 5) is 13.6. The Kier molecular flexibility index (Phi) is 3.11. The van der Waals surface area contributed by atoms with Crippen molar-refractivity contribution in [2.24, 2.45) is 0 Å². The second-order valence-electron chi connectivity index (χ2n) is 6.11. The van der Waals surface area contributed by atoms with Crippen LogP contribution in [0.4, 0.5) is 4.79 Å². The van der Waals surface area contributed by atoms with E-state index in [1.807, 2.05) is 6.07 Å². The Bertz CT molecular complexity index is 542. The zero-order valence-corrected chi connectivity index (χ0v) is 11.8. The molecule has 2 bridgehead atoms. The maximum absolute atomic E-state index is 12.0. The Morgan fingerprint density at radius 1 is 1.38 bits per heavy atom. The molecule has 114 valence electrons. The van der Waals surface area contributed by atoms with Crippen molar-refractivity contribution in [3.63, 3.8) is 0 Å². The van der Waals surface area contributed by atoms with Crippen molar-refractivity contribution in [1.29, 1.82) is 0 Å². The van der Waals surface area contributed by atoms with E-state index in [4.69, 9.17) is 9.26 Å². The van der Waals surface area contributed by atoms with E-state index >= 15 is 0 Å². The van der Waals surface area contributed by atoms with Crippen LogP contribution in [0.5, 0.6) is 0 Å². The van der Waals surface area contributed by atoms with Gasteiger partial charge < -0.3 is 14.2 Å². The van der Waals surface area contributed by atoms with Crippen LogP contribution in [0.15, 0.2) is 10.6 Å². The van der Waals surface area contributed by atoms with Crippen LogP contribution in [-0.4, -0.2) is 45.0 Å². The quantitative estimate of drug-likeness (QED) is 0.860. The van der Waals surface area contributed by atoms with Crippen molar-refractivity contribution in [2.45, 2.75) is 56.9 Å². The van der Waals surface area contributed by atoms with Gasteiger partial charge in [-0.15, -0.1) is 0 Å². The first-order chi connectivity index (χ1) is 10.2. The molecule has 0 spiro atoms. The lowest BCUT2D eigenvalue weighted by atomic mass is 9.96.